The summed E-state index contributed by atoms with van der Waals surface area (Å²) in [4.78, 5) is 3.28. The molecule has 0 saturated carbocycles. The summed E-state index contributed by atoms with van der Waals surface area (Å²) >= 11 is 0. The summed E-state index contributed by atoms with van der Waals surface area (Å²) in [6.07, 6.45) is 2.99. The quantitative estimate of drug-likeness (QED) is 0.197. The largest absolute Gasteiger partial charge is 2.00 e. The van der Waals surface area contributed by atoms with Crippen LogP contribution in [0.3, 0.4) is 0 Å². The zero-order chi connectivity index (χ0) is 22.9. The van der Waals surface area contributed by atoms with Gasteiger partial charge in [0.1, 0.15) is 27.9 Å². The third-order valence-corrected chi connectivity index (χ3v) is 8.68. The van der Waals surface area contributed by atoms with Gasteiger partial charge < -0.3 is 4.57 Å². The molecule has 4 aromatic heterocycles. The van der Waals surface area contributed by atoms with Gasteiger partial charge in [0, 0.05) is 11.8 Å². The smallest absolute Gasteiger partial charge is 0.400 e. The topological polar surface area (TPSA) is 65.4 Å². The van der Waals surface area contributed by atoms with Crippen LogP contribution in [0.5, 0.6) is 0 Å². The predicted octanol–water partition coefficient (Wildman–Crippen LogP) is 6.11. The van der Waals surface area contributed by atoms with Gasteiger partial charge in [0.2, 0.25) is 0 Å². The van der Waals surface area contributed by atoms with Crippen molar-refractivity contribution >= 4 is 16.4 Å². The predicted molar refractivity (Wildman–Crippen MR) is 122 cm³/mol. The second-order valence-corrected chi connectivity index (χ2v) is 10.2. The van der Waals surface area contributed by atoms with E-state index >= 15 is 0 Å². The molecule has 4 heterocycles. The molecule has 0 aliphatic rings. The molecule has 2 atom stereocenters. The van der Waals surface area contributed by atoms with Crippen molar-refractivity contribution in [3.63, 3.8) is 0 Å². The molecule has 0 N–H and O–H groups in total. The van der Waals surface area contributed by atoms with E-state index in [1.54, 1.807) is 10.6 Å². The van der Waals surface area contributed by atoms with Gasteiger partial charge in [-0.2, -0.15) is 0 Å². The molecule has 0 saturated heterocycles. The Hall–Kier alpha value is -2.74. The number of hydrogen-bond donors (Lipinski definition) is 0. The van der Waals surface area contributed by atoms with E-state index in [2.05, 4.69) is 43.2 Å². The van der Waals surface area contributed by atoms with Crippen molar-refractivity contribution in [1.29, 1.82) is 10.5 Å². The molecule has 4 nitrogen and oxygen atoms in total. The van der Waals surface area contributed by atoms with Gasteiger partial charge in [-0.25, -0.2) is 19.3 Å². The minimum absolute atomic E-state index is 0. The molecule has 0 radical (unpaired) electrons. The first-order chi connectivity index (χ1) is 15.3. The molecule has 0 spiro atoms. The minimum Gasteiger partial charge on any atom is -0.400 e. The van der Waals surface area contributed by atoms with Crippen LogP contribution in [0.15, 0.2) is 48.5 Å². The van der Waals surface area contributed by atoms with Gasteiger partial charge in [-0.05, 0) is 43.2 Å². The van der Waals surface area contributed by atoms with Crippen LogP contribution in [0, 0.1) is 46.8 Å². The maximum absolute atomic E-state index is 14.2. The number of nitriles is 2. The normalized spacial score (nSPS) is 11.2. The first-order valence-corrected chi connectivity index (χ1v) is 11.6. The van der Waals surface area contributed by atoms with Crippen LogP contribution in [0.25, 0.3) is 16.3 Å². The first kappa shape index (κ1) is 24.9. The molecule has 0 amide bonds. The summed E-state index contributed by atoms with van der Waals surface area (Å²) in [7, 11) is 0.423. The van der Waals surface area contributed by atoms with Gasteiger partial charge >= 0.3 is 21.1 Å². The number of rotatable bonds is 4. The van der Waals surface area contributed by atoms with Crippen LogP contribution >= 0.6 is 16.4 Å². The molecule has 33 heavy (non-hydrogen) atoms. The van der Waals surface area contributed by atoms with Crippen molar-refractivity contribution in [3.8, 4) is 28.4 Å². The van der Waals surface area contributed by atoms with Gasteiger partial charge in [0.05, 0.1) is 33.2 Å². The summed E-state index contributed by atoms with van der Waals surface area (Å²) in [6.45, 7) is 4.21. The van der Waals surface area contributed by atoms with Gasteiger partial charge in [0.15, 0.2) is 0 Å². The Balaban J connectivity index is 0.00000306. The Morgan fingerprint density at radius 1 is 1.00 bits per heavy atom. The number of hydrogen-bond acceptors (Lipinski definition) is 3. The molecule has 9 heteroatoms. The standard InChI is InChI=1S/C24H14F2N4P2.Pt/c1-24(2,19-6-3-5-18(31-19)16-9-10-21(25)29-23(16)26)20-7-4-8-22(32-20)30-12-11-15(13-27)17(30)14-28;/h3-8,10-11H,1-2H3;/q-2;+2/p+2. The minimum atomic E-state index is -0.896. The van der Waals surface area contributed by atoms with Crippen molar-refractivity contribution < 1.29 is 29.8 Å². The van der Waals surface area contributed by atoms with Gasteiger partial charge in [0.25, 0.3) is 0 Å². The molecule has 2 unspecified atom stereocenters. The molecule has 0 bridgehead atoms. The number of pyridine rings is 1. The fraction of sp³-hybridized carbons (Fsp3) is 0.125. The van der Waals surface area contributed by atoms with E-state index in [4.69, 9.17) is 0 Å². The Bertz CT molecular complexity index is 1420. The van der Waals surface area contributed by atoms with Crippen LogP contribution < -0.4 is 0 Å². The van der Waals surface area contributed by atoms with E-state index in [-0.39, 0.29) is 54.1 Å². The van der Waals surface area contributed by atoms with Crippen LogP contribution in [0.4, 0.5) is 8.78 Å². The second kappa shape index (κ2) is 10.0. The Morgan fingerprint density at radius 3 is 2.36 bits per heavy atom. The number of aromatic nitrogens is 2. The molecular weight excluding hydrogens is 639 g/mol. The summed E-state index contributed by atoms with van der Waals surface area (Å²) in [5.41, 5.74) is 1.26. The van der Waals surface area contributed by atoms with E-state index in [0.717, 1.165) is 22.1 Å². The SMILES string of the molecule is CC(C)(c1cccc(-c2[c-]cc(F)nc2F)[pH+]1)c1cccc(-n2[c-]cc(C#N)c2C#N)[pH+]1.[Pt+2]. The van der Waals surface area contributed by atoms with E-state index in [0.29, 0.717) is 10.9 Å². The zero-order valence-electron chi connectivity index (χ0n) is 17.5. The first-order valence-electron chi connectivity index (χ1n) is 9.59. The van der Waals surface area contributed by atoms with Crippen LogP contribution in [-0.2, 0) is 26.5 Å². The Labute approximate surface area is 208 Å². The van der Waals surface area contributed by atoms with Crippen molar-refractivity contribution in [2.45, 2.75) is 19.3 Å². The molecule has 0 aliphatic heterocycles. The fourth-order valence-electron chi connectivity index (χ4n) is 3.41. The van der Waals surface area contributed by atoms with Crippen molar-refractivity contribution in [2.24, 2.45) is 0 Å². The monoisotopic (exact) mass is 655 g/mol. The molecule has 4 rings (SSSR count). The maximum atomic E-state index is 14.2. The third kappa shape index (κ3) is 4.81. The number of nitrogens with zero attached hydrogens (tertiary/aromatic N) is 4. The van der Waals surface area contributed by atoms with Crippen molar-refractivity contribution in [1.82, 2.24) is 9.55 Å². The molecular formula is C24H16F2N4P2Pt+2. The van der Waals surface area contributed by atoms with E-state index in [1.807, 2.05) is 30.3 Å². The van der Waals surface area contributed by atoms with Gasteiger partial charge in [-0.1, -0.05) is 30.5 Å². The molecule has 0 aliphatic carbocycles. The number of halogens is 2. The molecule has 164 valence electrons. The van der Waals surface area contributed by atoms with Crippen molar-refractivity contribution in [3.05, 3.63) is 94.5 Å². The Morgan fingerprint density at radius 2 is 1.70 bits per heavy atom. The zero-order valence-corrected chi connectivity index (χ0v) is 21.8. The van der Waals surface area contributed by atoms with Gasteiger partial charge in [-0.3, -0.25) is 4.98 Å². The van der Waals surface area contributed by atoms with Crippen LogP contribution in [0.1, 0.15) is 35.7 Å². The van der Waals surface area contributed by atoms with Gasteiger partial charge in [-0.15, -0.1) is 12.1 Å². The summed E-state index contributed by atoms with van der Waals surface area (Å²) in [5, 5.41) is 21.6. The second-order valence-electron chi connectivity index (χ2n) is 7.54. The summed E-state index contributed by atoms with van der Waals surface area (Å²) < 4.78 is 29.1. The summed E-state index contributed by atoms with van der Waals surface area (Å²) in [6, 6.07) is 20.9. The average Bonchev–Trinajstić information content (AvgIpc) is 3.22. The van der Waals surface area contributed by atoms with E-state index < -0.39 is 11.9 Å². The summed E-state index contributed by atoms with van der Waals surface area (Å²) in [5.74, 6) is -1.76. The van der Waals surface area contributed by atoms with Crippen LogP contribution in [0.2, 0.25) is 0 Å². The fourth-order valence-corrected chi connectivity index (χ4v) is 6.30. The maximum Gasteiger partial charge on any atom is 2.00 e. The average molecular weight is 655 g/mol. The van der Waals surface area contributed by atoms with E-state index in [1.165, 1.54) is 6.07 Å². The molecule has 4 aromatic rings. The molecule has 0 fully saturated rings. The van der Waals surface area contributed by atoms with Crippen molar-refractivity contribution in [2.75, 3.05) is 0 Å². The molecule has 0 aromatic carbocycles. The van der Waals surface area contributed by atoms with E-state index in [9.17, 15) is 19.3 Å². The Kier molecular flexibility index (Phi) is 7.57. The van der Waals surface area contributed by atoms with Crippen LogP contribution in [-0.4, -0.2) is 9.55 Å². The third-order valence-electron chi connectivity index (χ3n) is 5.22.